The van der Waals surface area contributed by atoms with Crippen LogP contribution in [-0.4, -0.2) is 61.4 Å². The molecule has 9 nitrogen and oxygen atoms in total. The summed E-state index contributed by atoms with van der Waals surface area (Å²) >= 11 is 6.09. The van der Waals surface area contributed by atoms with E-state index in [0.717, 1.165) is 50.5 Å². The molecule has 5 rings (SSSR count). The van der Waals surface area contributed by atoms with Crippen LogP contribution in [0.4, 0.5) is 33.2 Å². The van der Waals surface area contributed by atoms with Gasteiger partial charge in [0.15, 0.2) is 0 Å². The largest absolute Gasteiger partial charge is 0.378 e. The lowest BCUT2D eigenvalue weighted by Crippen LogP contribution is -2.36. The normalized spacial score (nSPS) is 17.5. The molecule has 2 saturated heterocycles. The SMILES string of the molecule is O=C(Nc1c(F)cccc1Cl)c1cnc(Nc2ccc(N3CCOCC3)cc2)nc1NCC1CCCO1. The first-order chi connectivity index (χ1) is 18.1. The number of nitrogens with zero attached hydrogens (tertiary/aromatic N) is 3. The highest BCUT2D eigenvalue weighted by atomic mass is 35.5. The van der Waals surface area contributed by atoms with Crippen molar-refractivity contribution in [3.05, 3.63) is 65.1 Å². The van der Waals surface area contributed by atoms with Crippen molar-refractivity contribution >= 4 is 46.3 Å². The maximum atomic E-state index is 14.3. The topological polar surface area (TPSA) is 101 Å². The monoisotopic (exact) mass is 526 g/mol. The molecule has 3 heterocycles. The second kappa shape index (κ2) is 11.7. The fraction of sp³-hybridized carbons (Fsp3) is 0.346. The van der Waals surface area contributed by atoms with Crippen molar-refractivity contribution in [3.63, 3.8) is 0 Å². The van der Waals surface area contributed by atoms with E-state index in [1.165, 1.54) is 24.4 Å². The number of morpholine rings is 1. The molecule has 11 heteroatoms. The lowest BCUT2D eigenvalue weighted by atomic mass is 10.2. The number of nitrogens with one attached hydrogen (secondary N) is 3. The van der Waals surface area contributed by atoms with Crippen molar-refractivity contribution in [2.24, 2.45) is 0 Å². The molecule has 37 heavy (non-hydrogen) atoms. The number of anilines is 5. The lowest BCUT2D eigenvalue weighted by molar-refractivity contribution is 0.102. The zero-order chi connectivity index (χ0) is 25.6. The van der Waals surface area contributed by atoms with Crippen LogP contribution in [0.25, 0.3) is 0 Å². The van der Waals surface area contributed by atoms with Crippen LogP contribution in [-0.2, 0) is 9.47 Å². The van der Waals surface area contributed by atoms with Crippen LogP contribution in [0.1, 0.15) is 23.2 Å². The minimum Gasteiger partial charge on any atom is -0.378 e. The van der Waals surface area contributed by atoms with Crippen molar-refractivity contribution in [1.82, 2.24) is 9.97 Å². The van der Waals surface area contributed by atoms with E-state index < -0.39 is 11.7 Å². The summed E-state index contributed by atoms with van der Waals surface area (Å²) in [6.07, 6.45) is 3.34. The zero-order valence-corrected chi connectivity index (χ0v) is 20.9. The maximum absolute atomic E-state index is 14.3. The maximum Gasteiger partial charge on any atom is 0.261 e. The summed E-state index contributed by atoms with van der Waals surface area (Å²) in [5.74, 6) is -0.588. The highest BCUT2D eigenvalue weighted by molar-refractivity contribution is 6.34. The quantitative estimate of drug-likeness (QED) is 0.388. The minimum atomic E-state index is -0.630. The van der Waals surface area contributed by atoms with Gasteiger partial charge in [0.1, 0.15) is 17.2 Å². The minimum absolute atomic E-state index is 0.0241. The number of ether oxygens (including phenoxy) is 2. The molecule has 0 radical (unpaired) electrons. The number of aromatic nitrogens is 2. The van der Waals surface area contributed by atoms with Crippen LogP contribution >= 0.6 is 11.6 Å². The van der Waals surface area contributed by atoms with Crippen molar-refractivity contribution < 1.29 is 18.7 Å². The summed E-state index contributed by atoms with van der Waals surface area (Å²) in [7, 11) is 0. The standard InChI is InChI=1S/C26H28ClFN6O3/c27-21-4-1-5-22(28)23(21)32-25(35)20-16-30-26(33-24(20)29-15-19-3-2-12-37-19)31-17-6-8-18(9-7-17)34-10-13-36-14-11-34/h1,4-9,16,19H,2-3,10-15H2,(H,32,35)(H2,29,30,31,33). The van der Waals surface area contributed by atoms with Gasteiger partial charge < -0.3 is 30.3 Å². The van der Waals surface area contributed by atoms with E-state index in [9.17, 15) is 9.18 Å². The van der Waals surface area contributed by atoms with Gasteiger partial charge in [0, 0.05) is 43.8 Å². The number of hydrogen-bond acceptors (Lipinski definition) is 8. The molecule has 2 aliphatic rings. The Labute approximate surface area is 219 Å². The molecule has 0 saturated carbocycles. The average Bonchev–Trinajstić information content (AvgIpc) is 3.44. The molecule has 0 aliphatic carbocycles. The number of amides is 1. The average molecular weight is 527 g/mol. The molecule has 2 aromatic carbocycles. The molecule has 1 amide bonds. The Morgan fingerprint density at radius 3 is 2.68 bits per heavy atom. The third-order valence-corrected chi connectivity index (χ3v) is 6.57. The van der Waals surface area contributed by atoms with Crippen molar-refractivity contribution in [3.8, 4) is 0 Å². The number of para-hydroxylation sites is 1. The summed E-state index contributed by atoms with van der Waals surface area (Å²) in [5.41, 5.74) is 1.98. The third kappa shape index (κ3) is 6.27. The first-order valence-electron chi connectivity index (χ1n) is 12.2. The van der Waals surface area contributed by atoms with E-state index in [0.29, 0.717) is 24.9 Å². The van der Waals surface area contributed by atoms with E-state index in [1.54, 1.807) is 0 Å². The van der Waals surface area contributed by atoms with Gasteiger partial charge in [0.25, 0.3) is 5.91 Å². The van der Waals surface area contributed by atoms with Gasteiger partial charge in [-0.2, -0.15) is 4.98 Å². The molecule has 2 fully saturated rings. The van der Waals surface area contributed by atoms with Gasteiger partial charge in [0.2, 0.25) is 5.95 Å². The van der Waals surface area contributed by atoms with Crippen LogP contribution in [0.5, 0.6) is 0 Å². The smallest absolute Gasteiger partial charge is 0.261 e. The summed E-state index contributed by atoms with van der Waals surface area (Å²) < 4.78 is 25.4. The number of carbonyl (C=O) groups excluding carboxylic acids is 1. The Bertz CT molecular complexity index is 1210. The van der Waals surface area contributed by atoms with Gasteiger partial charge in [-0.05, 0) is 49.2 Å². The number of halogens is 2. The summed E-state index contributed by atoms with van der Waals surface area (Å²) in [5, 5.41) is 9.03. The molecular formula is C26H28ClFN6O3. The molecule has 1 atom stereocenters. The first-order valence-corrected chi connectivity index (χ1v) is 12.6. The van der Waals surface area contributed by atoms with E-state index in [4.69, 9.17) is 21.1 Å². The van der Waals surface area contributed by atoms with Crippen LogP contribution in [0.2, 0.25) is 5.02 Å². The van der Waals surface area contributed by atoms with E-state index in [2.05, 4.69) is 30.8 Å². The molecular weight excluding hydrogens is 499 g/mol. The van der Waals surface area contributed by atoms with Gasteiger partial charge in [-0.25, -0.2) is 9.37 Å². The van der Waals surface area contributed by atoms with Gasteiger partial charge in [-0.15, -0.1) is 0 Å². The fourth-order valence-corrected chi connectivity index (χ4v) is 4.47. The predicted octanol–water partition coefficient (Wildman–Crippen LogP) is 4.69. The molecule has 2 aliphatic heterocycles. The fourth-order valence-electron chi connectivity index (χ4n) is 4.26. The number of hydrogen-bond donors (Lipinski definition) is 3. The third-order valence-electron chi connectivity index (χ3n) is 6.26. The zero-order valence-electron chi connectivity index (χ0n) is 20.2. The van der Waals surface area contributed by atoms with E-state index in [1.807, 2.05) is 24.3 Å². The Hall–Kier alpha value is -3.47. The van der Waals surface area contributed by atoms with Gasteiger partial charge in [-0.1, -0.05) is 17.7 Å². The van der Waals surface area contributed by atoms with Crippen LogP contribution in [0.3, 0.4) is 0 Å². The van der Waals surface area contributed by atoms with E-state index in [-0.39, 0.29) is 22.4 Å². The van der Waals surface area contributed by atoms with Crippen molar-refractivity contribution in [1.29, 1.82) is 0 Å². The highest BCUT2D eigenvalue weighted by Crippen LogP contribution is 2.27. The van der Waals surface area contributed by atoms with Crippen molar-refractivity contribution in [2.45, 2.75) is 18.9 Å². The van der Waals surface area contributed by atoms with Gasteiger partial charge in [-0.3, -0.25) is 4.79 Å². The molecule has 0 bridgehead atoms. The van der Waals surface area contributed by atoms with Crippen LogP contribution < -0.4 is 20.9 Å². The molecule has 194 valence electrons. The van der Waals surface area contributed by atoms with E-state index >= 15 is 0 Å². The van der Waals surface area contributed by atoms with Crippen LogP contribution in [0, 0.1) is 5.82 Å². The highest BCUT2D eigenvalue weighted by Gasteiger charge is 2.21. The molecule has 3 N–H and O–H groups in total. The second-order valence-corrected chi connectivity index (χ2v) is 9.20. The number of rotatable bonds is 8. The summed E-state index contributed by atoms with van der Waals surface area (Å²) in [4.78, 5) is 24.2. The Morgan fingerprint density at radius 2 is 1.95 bits per heavy atom. The molecule has 3 aromatic rings. The summed E-state index contributed by atoms with van der Waals surface area (Å²) in [6.45, 7) is 4.35. The first kappa shape index (κ1) is 25.2. The number of carbonyl (C=O) groups is 1. The van der Waals surface area contributed by atoms with Crippen LogP contribution in [0.15, 0.2) is 48.7 Å². The molecule has 1 aromatic heterocycles. The predicted molar refractivity (Wildman–Crippen MR) is 142 cm³/mol. The van der Waals surface area contributed by atoms with Crippen molar-refractivity contribution in [2.75, 3.05) is 60.3 Å². The van der Waals surface area contributed by atoms with Gasteiger partial charge >= 0.3 is 0 Å². The molecule has 0 spiro atoms. The summed E-state index contributed by atoms with van der Waals surface area (Å²) in [6, 6.07) is 12.2. The van der Waals surface area contributed by atoms with Gasteiger partial charge in [0.05, 0.1) is 30.0 Å². The lowest BCUT2D eigenvalue weighted by Gasteiger charge is -2.28. The second-order valence-electron chi connectivity index (χ2n) is 8.79. The number of benzene rings is 2. The Morgan fingerprint density at radius 1 is 1.14 bits per heavy atom. The Kier molecular flexibility index (Phi) is 7.98. The Balaban J connectivity index is 1.34. The molecule has 1 unspecified atom stereocenters.